The van der Waals surface area contributed by atoms with E-state index in [1.807, 2.05) is 18.2 Å². The first kappa shape index (κ1) is 22.0. The van der Waals surface area contributed by atoms with E-state index in [9.17, 15) is 18.0 Å². The van der Waals surface area contributed by atoms with Gasteiger partial charge in [-0.1, -0.05) is 23.7 Å². The van der Waals surface area contributed by atoms with E-state index in [0.717, 1.165) is 10.6 Å². The number of aromatic nitrogens is 1. The van der Waals surface area contributed by atoms with Crippen LogP contribution in [-0.2, 0) is 4.74 Å². The zero-order chi connectivity index (χ0) is 20.9. The van der Waals surface area contributed by atoms with Gasteiger partial charge in [-0.3, -0.25) is 9.69 Å². The summed E-state index contributed by atoms with van der Waals surface area (Å²) in [6.45, 7) is 1.99. The Hall–Kier alpha value is -1.68. The van der Waals surface area contributed by atoms with Crippen LogP contribution in [0.3, 0.4) is 0 Å². The molecule has 0 aliphatic carbocycles. The number of hydrogen-bond donors (Lipinski definition) is 0. The molecule has 29 heavy (non-hydrogen) atoms. The number of amides is 1. The van der Waals surface area contributed by atoms with Gasteiger partial charge in [0.05, 0.1) is 0 Å². The summed E-state index contributed by atoms with van der Waals surface area (Å²) in [5.41, 5.74) is 1.29. The lowest BCUT2D eigenvalue weighted by Crippen LogP contribution is -2.49. The molecule has 1 saturated heterocycles. The predicted molar refractivity (Wildman–Crippen MR) is 106 cm³/mol. The van der Waals surface area contributed by atoms with Gasteiger partial charge in [0.15, 0.2) is 0 Å². The van der Waals surface area contributed by atoms with Crippen molar-refractivity contribution in [2.75, 3.05) is 45.9 Å². The first-order valence-electron chi connectivity index (χ1n) is 9.19. The molecule has 158 valence electrons. The van der Waals surface area contributed by atoms with Crippen LogP contribution < -0.4 is 0 Å². The van der Waals surface area contributed by atoms with Crippen molar-refractivity contribution in [2.45, 2.75) is 12.6 Å². The summed E-state index contributed by atoms with van der Waals surface area (Å²) in [6.07, 6.45) is -3.76. The number of carbonyl (C=O) groups is 1. The van der Waals surface area contributed by atoms with Gasteiger partial charge in [-0.05, 0) is 18.6 Å². The van der Waals surface area contributed by atoms with Crippen molar-refractivity contribution in [2.24, 2.45) is 0 Å². The summed E-state index contributed by atoms with van der Waals surface area (Å²) >= 11 is 7.41. The second kappa shape index (κ2) is 9.88. The van der Waals surface area contributed by atoms with E-state index in [4.69, 9.17) is 11.6 Å². The maximum Gasteiger partial charge on any atom is 0.411 e. The quantitative estimate of drug-likeness (QED) is 0.597. The molecule has 0 saturated carbocycles. The van der Waals surface area contributed by atoms with Crippen molar-refractivity contribution in [3.8, 4) is 10.6 Å². The maximum absolute atomic E-state index is 12.7. The lowest BCUT2D eigenvalue weighted by molar-refractivity contribution is -0.174. The Balaban J connectivity index is 1.43. The highest BCUT2D eigenvalue weighted by molar-refractivity contribution is 7.13. The third-order valence-corrected chi connectivity index (χ3v) is 5.61. The van der Waals surface area contributed by atoms with Crippen molar-refractivity contribution >= 4 is 28.8 Å². The molecule has 1 aliphatic heterocycles. The van der Waals surface area contributed by atoms with Crippen molar-refractivity contribution in [1.82, 2.24) is 14.8 Å². The standard InChI is InChI=1S/C19H21ClF3N3O2S/c20-15-4-1-3-14(11-15)17-24-16(12-29-17)18(27)26-8-6-25(7-9-26)5-2-10-28-13-19(21,22)23/h1,3-4,11-12H,2,5-10,13H2. The Morgan fingerprint density at radius 3 is 2.69 bits per heavy atom. The summed E-state index contributed by atoms with van der Waals surface area (Å²) in [4.78, 5) is 21.0. The molecule has 1 aromatic heterocycles. The molecule has 1 aromatic carbocycles. The van der Waals surface area contributed by atoms with Gasteiger partial charge in [-0.2, -0.15) is 13.2 Å². The Labute approximate surface area is 176 Å². The third kappa shape index (κ3) is 6.67. The summed E-state index contributed by atoms with van der Waals surface area (Å²) in [5.74, 6) is -0.109. The fraction of sp³-hybridized carbons (Fsp3) is 0.474. The minimum absolute atomic E-state index is 0.0732. The SMILES string of the molecule is O=C(c1csc(-c2cccc(Cl)c2)n1)N1CCN(CCCOCC(F)(F)F)CC1. The van der Waals surface area contributed by atoms with Crippen LogP contribution in [0.2, 0.25) is 5.02 Å². The van der Waals surface area contributed by atoms with Gasteiger partial charge in [0, 0.05) is 55.3 Å². The molecule has 3 rings (SSSR count). The zero-order valence-corrected chi connectivity index (χ0v) is 17.2. The van der Waals surface area contributed by atoms with Gasteiger partial charge < -0.3 is 9.64 Å². The molecule has 1 fully saturated rings. The molecular formula is C19H21ClF3N3O2S. The van der Waals surface area contributed by atoms with E-state index in [1.54, 1.807) is 16.3 Å². The topological polar surface area (TPSA) is 45.7 Å². The molecule has 0 bridgehead atoms. The predicted octanol–water partition coefficient (Wildman–Crippen LogP) is 4.19. The van der Waals surface area contributed by atoms with Crippen LogP contribution >= 0.6 is 22.9 Å². The summed E-state index contributed by atoms with van der Waals surface area (Å²) in [5, 5.41) is 3.11. The molecule has 0 radical (unpaired) electrons. The lowest BCUT2D eigenvalue weighted by Gasteiger charge is -2.34. The monoisotopic (exact) mass is 447 g/mol. The second-order valence-corrected chi connectivity index (χ2v) is 8.00. The maximum atomic E-state index is 12.7. The first-order chi connectivity index (χ1) is 13.8. The Bertz CT molecular complexity index is 823. The first-order valence-corrected chi connectivity index (χ1v) is 10.5. The Morgan fingerprint density at radius 1 is 1.24 bits per heavy atom. The molecule has 1 amide bonds. The molecule has 2 aromatic rings. The highest BCUT2D eigenvalue weighted by Crippen LogP contribution is 2.26. The van der Waals surface area contributed by atoms with Crippen LogP contribution in [0.1, 0.15) is 16.9 Å². The zero-order valence-electron chi connectivity index (χ0n) is 15.6. The molecule has 1 aliphatic rings. The second-order valence-electron chi connectivity index (χ2n) is 6.70. The summed E-state index contributed by atoms with van der Waals surface area (Å²) < 4.78 is 40.7. The Kier molecular flexibility index (Phi) is 7.50. The number of rotatable bonds is 7. The number of thiazole rings is 1. The van der Waals surface area contributed by atoms with Gasteiger partial charge >= 0.3 is 6.18 Å². The van der Waals surface area contributed by atoms with E-state index >= 15 is 0 Å². The highest BCUT2D eigenvalue weighted by atomic mass is 35.5. The number of nitrogens with zero attached hydrogens (tertiary/aromatic N) is 3. The molecule has 5 nitrogen and oxygen atoms in total. The average Bonchev–Trinajstić information content (AvgIpc) is 3.17. The van der Waals surface area contributed by atoms with Gasteiger partial charge in [0.2, 0.25) is 0 Å². The largest absolute Gasteiger partial charge is 0.411 e. The van der Waals surface area contributed by atoms with Gasteiger partial charge in [-0.15, -0.1) is 11.3 Å². The van der Waals surface area contributed by atoms with Crippen molar-refractivity contribution in [3.05, 3.63) is 40.4 Å². The normalized spacial score (nSPS) is 15.7. The minimum atomic E-state index is -4.28. The van der Waals surface area contributed by atoms with E-state index in [2.05, 4.69) is 14.6 Å². The average molecular weight is 448 g/mol. The molecule has 0 N–H and O–H groups in total. The van der Waals surface area contributed by atoms with Crippen molar-refractivity contribution < 1.29 is 22.7 Å². The van der Waals surface area contributed by atoms with E-state index in [0.29, 0.717) is 49.9 Å². The van der Waals surface area contributed by atoms with Crippen LogP contribution in [0, 0.1) is 0 Å². The minimum Gasteiger partial charge on any atom is -0.372 e. The molecule has 0 atom stereocenters. The van der Waals surface area contributed by atoms with Crippen LogP contribution in [0.25, 0.3) is 10.6 Å². The van der Waals surface area contributed by atoms with E-state index in [1.165, 1.54) is 11.3 Å². The number of piperazine rings is 1. The summed E-state index contributed by atoms with van der Waals surface area (Å²) in [7, 11) is 0. The number of hydrogen-bond acceptors (Lipinski definition) is 5. The van der Waals surface area contributed by atoms with Crippen LogP contribution in [0.4, 0.5) is 13.2 Å². The number of alkyl halides is 3. The molecule has 0 unspecified atom stereocenters. The lowest BCUT2D eigenvalue weighted by atomic mass is 10.2. The van der Waals surface area contributed by atoms with Crippen molar-refractivity contribution in [3.63, 3.8) is 0 Å². The van der Waals surface area contributed by atoms with Gasteiger partial charge in [-0.25, -0.2) is 4.98 Å². The number of carbonyl (C=O) groups excluding carboxylic acids is 1. The van der Waals surface area contributed by atoms with E-state index in [-0.39, 0.29) is 12.5 Å². The number of halogens is 4. The molecule has 0 spiro atoms. The fourth-order valence-corrected chi connectivity index (χ4v) is 4.02. The third-order valence-electron chi connectivity index (χ3n) is 4.48. The number of ether oxygens (including phenoxy) is 1. The molecular weight excluding hydrogens is 427 g/mol. The van der Waals surface area contributed by atoms with E-state index < -0.39 is 12.8 Å². The van der Waals surface area contributed by atoms with Crippen LogP contribution in [0.5, 0.6) is 0 Å². The summed E-state index contributed by atoms with van der Waals surface area (Å²) in [6, 6.07) is 7.34. The van der Waals surface area contributed by atoms with Crippen LogP contribution in [0.15, 0.2) is 29.6 Å². The van der Waals surface area contributed by atoms with Gasteiger partial charge in [0.1, 0.15) is 17.3 Å². The highest BCUT2D eigenvalue weighted by Gasteiger charge is 2.27. The molecule has 2 heterocycles. The van der Waals surface area contributed by atoms with Gasteiger partial charge in [0.25, 0.3) is 5.91 Å². The van der Waals surface area contributed by atoms with Crippen LogP contribution in [-0.4, -0.2) is 72.8 Å². The molecule has 10 heteroatoms. The Morgan fingerprint density at radius 2 is 2.00 bits per heavy atom. The smallest absolute Gasteiger partial charge is 0.372 e. The fourth-order valence-electron chi connectivity index (χ4n) is 3.04. The van der Waals surface area contributed by atoms with Crippen molar-refractivity contribution in [1.29, 1.82) is 0 Å². The number of benzene rings is 1.